The standard InChI is InChI=1S/C27H39N3O4/c28-27(34)21-8-4-7-20(15-21)22-16-23-9-10-24(17-22)30(23)14-13-29(25(31)11-12-26(32)33)18-19-5-2-1-3-6-19/h4,7-8,15,19,22-24H,1-3,5-6,9-14,16-18H2,(H2,28,34)(H,32,33)/t22-,23+,24-. The number of amides is 2. The zero-order chi connectivity index (χ0) is 24.1. The van der Waals surface area contributed by atoms with E-state index in [1.165, 1.54) is 50.5 Å². The lowest BCUT2D eigenvalue weighted by molar-refractivity contribution is -0.141. The summed E-state index contributed by atoms with van der Waals surface area (Å²) < 4.78 is 0. The van der Waals surface area contributed by atoms with Crippen molar-refractivity contribution >= 4 is 17.8 Å². The molecule has 0 unspecified atom stereocenters. The molecule has 7 nitrogen and oxygen atoms in total. The number of hydrogen-bond acceptors (Lipinski definition) is 4. The first-order valence-corrected chi connectivity index (χ1v) is 13.1. The summed E-state index contributed by atoms with van der Waals surface area (Å²) in [6.07, 6.45) is 10.6. The van der Waals surface area contributed by atoms with Gasteiger partial charge in [-0.1, -0.05) is 31.4 Å². The molecule has 3 N–H and O–H groups in total. The van der Waals surface area contributed by atoms with Crippen LogP contribution in [0.25, 0.3) is 0 Å². The summed E-state index contributed by atoms with van der Waals surface area (Å²) in [6, 6.07) is 8.75. The molecule has 186 valence electrons. The molecule has 2 aliphatic heterocycles. The number of carbonyl (C=O) groups excluding carboxylic acids is 2. The Morgan fingerprint density at radius 3 is 2.35 bits per heavy atom. The first-order valence-electron chi connectivity index (χ1n) is 13.1. The minimum Gasteiger partial charge on any atom is -0.481 e. The van der Waals surface area contributed by atoms with Gasteiger partial charge in [0.25, 0.3) is 0 Å². The number of piperidine rings is 1. The summed E-state index contributed by atoms with van der Waals surface area (Å²) in [6.45, 7) is 2.31. The fourth-order valence-electron chi connectivity index (χ4n) is 6.46. The molecule has 2 amide bonds. The van der Waals surface area contributed by atoms with Gasteiger partial charge in [0, 0.05) is 43.7 Å². The van der Waals surface area contributed by atoms with E-state index in [2.05, 4.69) is 11.0 Å². The molecular formula is C27H39N3O4. The van der Waals surface area contributed by atoms with Crippen LogP contribution in [0.4, 0.5) is 0 Å². The quantitative estimate of drug-likeness (QED) is 0.543. The lowest BCUT2D eigenvalue weighted by Gasteiger charge is -2.40. The van der Waals surface area contributed by atoms with Gasteiger partial charge in [0.15, 0.2) is 0 Å². The van der Waals surface area contributed by atoms with Gasteiger partial charge < -0.3 is 15.7 Å². The monoisotopic (exact) mass is 469 g/mol. The van der Waals surface area contributed by atoms with E-state index < -0.39 is 5.97 Å². The van der Waals surface area contributed by atoms with Gasteiger partial charge in [0.1, 0.15) is 0 Å². The van der Waals surface area contributed by atoms with Crippen molar-refractivity contribution in [3.63, 3.8) is 0 Å². The largest absolute Gasteiger partial charge is 0.481 e. The van der Waals surface area contributed by atoms with Crippen molar-refractivity contribution in [1.29, 1.82) is 0 Å². The minimum absolute atomic E-state index is 0.0153. The molecular weight excluding hydrogens is 430 g/mol. The number of carboxylic acid groups (broad SMARTS) is 1. The molecule has 2 bridgehead atoms. The molecule has 0 spiro atoms. The van der Waals surface area contributed by atoms with E-state index in [0.717, 1.165) is 25.9 Å². The third-order valence-corrected chi connectivity index (χ3v) is 8.26. The Morgan fingerprint density at radius 1 is 1.00 bits per heavy atom. The number of fused-ring (bicyclic) bond motifs is 2. The summed E-state index contributed by atoms with van der Waals surface area (Å²) in [5.41, 5.74) is 7.27. The highest BCUT2D eigenvalue weighted by atomic mass is 16.4. The average Bonchev–Trinajstić information content (AvgIpc) is 3.07. The number of benzene rings is 1. The average molecular weight is 470 g/mol. The van der Waals surface area contributed by atoms with Crippen LogP contribution >= 0.6 is 0 Å². The van der Waals surface area contributed by atoms with Crippen molar-refractivity contribution in [3.05, 3.63) is 35.4 Å². The number of hydrogen-bond donors (Lipinski definition) is 2. The molecule has 0 radical (unpaired) electrons. The second-order valence-electron chi connectivity index (χ2n) is 10.5. The van der Waals surface area contributed by atoms with Crippen LogP contribution < -0.4 is 5.73 Å². The van der Waals surface area contributed by atoms with Gasteiger partial charge in [-0.2, -0.15) is 0 Å². The van der Waals surface area contributed by atoms with Crippen molar-refractivity contribution in [2.75, 3.05) is 19.6 Å². The lowest BCUT2D eigenvalue weighted by Crippen LogP contribution is -2.47. The van der Waals surface area contributed by atoms with Crippen LogP contribution in [0.5, 0.6) is 0 Å². The summed E-state index contributed by atoms with van der Waals surface area (Å²) >= 11 is 0. The molecule has 7 heteroatoms. The number of nitrogens with zero attached hydrogens (tertiary/aromatic N) is 2. The SMILES string of the molecule is NC(=O)c1cccc([C@H]2C[C@H]3CC[C@@H](C2)N3CCN(CC2CCCCC2)C(=O)CCC(=O)O)c1. The Morgan fingerprint density at radius 2 is 1.71 bits per heavy atom. The zero-order valence-electron chi connectivity index (χ0n) is 20.2. The molecule has 1 aliphatic carbocycles. The molecule has 1 aromatic carbocycles. The lowest BCUT2D eigenvalue weighted by atomic mass is 9.84. The first-order chi connectivity index (χ1) is 16.4. The van der Waals surface area contributed by atoms with Crippen LogP contribution in [0, 0.1) is 5.92 Å². The van der Waals surface area contributed by atoms with Crippen LogP contribution in [0.15, 0.2) is 24.3 Å². The van der Waals surface area contributed by atoms with E-state index in [4.69, 9.17) is 10.8 Å². The Labute approximate surface area is 202 Å². The van der Waals surface area contributed by atoms with Gasteiger partial charge in [0.05, 0.1) is 6.42 Å². The summed E-state index contributed by atoms with van der Waals surface area (Å²) in [7, 11) is 0. The predicted octanol–water partition coefficient (Wildman–Crippen LogP) is 3.77. The van der Waals surface area contributed by atoms with Crippen molar-refractivity contribution in [2.45, 2.75) is 88.6 Å². The van der Waals surface area contributed by atoms with Gasteiger partial charge in [-0.25, -0.2) is 0 Å². The van der Waals surface area contributed by atoms with Crippen molar-refractivity contribution in [3.8, 4) is 0 Å². The summed E-state index contributed by atoms with van der Waals surface area (Å²) in [5, 5.41) is 9.04. The Hall–Kier alpha value is -2.41. The summed E-state index contributed by atoms with van der Waals surface area (Å²) in [5.74, 6) is -0.330. The maximum Gasteiger partial charge on any atom is 0.303 e. The van der Waals surface area contributed by atoms with E-state index >= 15 is 0 Å². The zero-order valence-corrected chi connectivity index (χ0v) is 20.2. The highest BCUT2D eigenvalue weighted by molar-refractivity contribution is 5.92. The van der Waals surface area contributed by atoms with Crippen molar-refractivity contribution < 1.29 is 19.5 Å². The topological polar surface area (TPSA) is 104 Å². The van der Waals surface area contributed by atoms with Gasteiger partial charge in [-0.3, -0.25) is 19.3 Å². The van der Waals surface area contributed by atoms with E-state index in [9.17, 15) is 14.4 Å². The Bertz CT molecular complexity index is 868. The highest BCUT2D eigenvalue weighted by Crippen LogP contribution is 2.43. The molecule has 1 saturated carbocycles. The number of nitrogens with two attached hydrogens (primary N) is 1. The van der Waals surface area contributed by atoms with Gasteiger partial charge in [-0.15, -0.1) is 0 Å². The van der Waals surface area contributed by atoms with Gasteiger partial charge >= 0.3 is 5.97 Å². The molecule has 2 saturated heterocycles. The van der Waals surface area contributed by atoms with Crippen molar-refractivity contribution in [1.82, 2.24) is 9.80 Å². The fourth-order valence-corrected chi connectivity index (χ4v) is 6.46. The van der Waals surface area contributed by atoms with Crippen LogP contribution in [0.3, 0.4) is 0 Å². The molecule has 2 heterocycles. The Balaban J connectivity index is 1.37. The number of primary amides is 1. The number of rotatable bonds is 10. The highest BCUT2D eigenvalue weighted by Gasteiger charge is 2.41. The van der Waals surface area contributed by atoms with E-state index in [1.54, 1.807) is 6.07 Å². The van der Waals surface area contributed by atoms with Crippen LogP contribution in [-0.2, 0) is 9.59 Å². The smallest absolute Gasteiger partial charge is 0.303 e. The van der Waals surface area contributed by atoms with Crippen molar-refractivity contribution in [2.24, 2.45) is 11.7 Å². The number of carbonyl (C=O) groups is 3. The first kappa shape index (κ1) is 24.7. The normalized spacial score (nSPS) is 25.2. The number of aliphatic carboxylic acids is 1. The third-order valence-electron chi connectivity index (χ3n) is 8.26. The third kappa shape index (κ3) is 6.17. The molecule has 3 aliphatic rings. The van der Waals surface area contributed by atoms with E-state index in [1.807, 2.05) is 17.0 Å². The van der Waals surface area contributed by atoms with Gasteiger partial charge in [0.2, 0.25) is 11.8 Å². The second-order valence-corrected chi connectivity index (χ2v) is 10.5. The number of carboxylic acids is 1. The predicted molar refractivity (Wildman–Crippen MR) is 130 cm³/mol. The minimum atomic E-state index is -0.911. The maximum atomic E-state index is 12.9. The summed E-state index contributed by atoms with van der Waals surface area (Å²) in [4.78, 5) is 40.1. The van der Waals surface area contributed by atoms with E-state index in [0.29, 0.717) is 36.0 Å². The van der Waals surface area contributed by atoms with Crippen LogP contribution in [0.2, 0.25) is 0 Å². The molecule has 4 rings (SSSR count). The van der Waals surface area contributed by atoms with Crippen LogP contribution in [-0.4, -0.2) is 64.4 Å². The molecule has 3 atom stereocenters. The van der Waals surface area contributed by atoms with E-state index in [-0.39, 0.29) is 24.7 Å². The maximum absolute atomic E-state index is 12.9. The van der Waals surface area contributed by atoms with Crippen LogP contribution in [0.1, 0.15) is 92.5 Å². The second kappa shape index (κ2) is 11.3. The fraction of sp³-hybridized carbons (Fsp3) is 0.667. The Kier molecular flexibility index (Phi) is 8.24. The molecule has 34 heavy (non-hydrogen) atoms. The molecule has 1 aromatic rings. The van der Waals surface area contributed by atoms with Gasteiger partial charge in [-0.05, 0) is 68.1 Å². The molecule has 3 fully saturated rings. The molecule has 0 aromatic heterocycles.